The molecule has 0 aliphatic carbocycles. The van der Waals surface area contributed by atoms with Gasteiger partial charge in [0.15, 0.2) is 14.1 Å². The lowest BCUT2D eigenvalue weighted by Crippen LogP contribution is -2.50. The van der Waals surface area contributed by atoms with Gasteiger partial charge in [-0.25, -0.2) is 0 Å². The first-order valence-electron chi connectivity index (χ1n) is 17.0. The molecule has 2 saturated heterocycles. The lowest BCUT2D eigenvalue weighted by atomic mass is 9.89. The summed E-state index contributed by atoms with van der Waals surface area (Å²) in [4.78, 5) is 0. The number of rotatable bonds is 17. The summed E-state index contributed by atoms with van der Waals surface area (Å²) in [6.07, 6.45) is 7.93. The maximum Gasteiger partial charge on any atom is 0.200 e. The summed E-state index contributed by atoms with van der Waals surface area (Å²) in [5.74, 6) is -0.681. The monoisotopic (exact) mass is 606 g/mol. The number of ether oxygens (including phenoxy) is 3. The third-order valence-electron chi connectivity index (χ3n) is 9.89. The zero-order valence-corrected chi connectivity index (χ0v) is 28.7. The van der Waals surface area contributed by atoms with Gasteiger partial charge in [0.05, 0.1) is 31.0 Å². The van der Waals surface area contributed by atoms with Crippen molar-refractivity contribution in [1.29, 1.82) is 0 Å². The van der Waals surface area contributed by atoms with Crippen molar-refractivity contribution >= 4 is 8.32 Å². The second kappa shape index (κ2) is 17.0. The molecule has 0 unspecified atom stereocenters. The second-order valence-corrected chi connectivity index (χ2v) is 19.6. The lowest BCUT2D eigenvalue weighted by molar-refractivity contribution is -0.318. The van der Waals surface area contributed by atoms with Crippen LogP contribution in [0.4, 0.5) is 0 Å². The number of hydrogen-bond donors (Lipinski definition) is 2. The van der Waals surface area contributed by atoms with Crippen LogP contribution in [0.3, 0.4) is 0 Å². The zero-order valence-electron chi connectivity index (χ0n) is 27.7. The van der Waals surface area contributed by atoms with Gasteiger partial charge in [-0.05, 0) is 67.1 Å². The molecule has 0 saturated carbocycles. The van der Waals surface area contributed by atoms with Gasteiger partial charge in [0.2, 0.25) is 0 Å². The first kappa shape index (κ1) is 35.7. The summed E-state index contributed by atoms with van der Waals surface area (Å²) < 4.78 is 25.8. The van der Waals surface area contributed by atoms with E-state index < -0.39 is 26.3 Å². The Morgan fingerprint density at radius 3 is 2.07 bits per heavy atom. The third kappa shape index (κ3) is 9.85. The highest BCUT2D eigenvalue weighted by molar-refractivity contribution is 6.77. The molecule has 1 aromatic rings. The largest absolute Gasteiger partial charge is 0.416 e. The number of unbranched alkanes of at least 4 members (excludes halogenated alkanes) is 1. The van der Waals surface area contributed by atoms with Crippen molar-refractivity contribution in [2.75, 3.05) is 13.2 Å². The number of aliphatic hydroxyl groups excluding tert-OH is 2. The minimum absolute atomic E-state index is 0.0999. The van der Waals surface area contributed by atoms with Crippen molar-refractivity contribution in [2.24, 2.45) is 5.92 Å². The van der Waals surface area contributed by atoms with Crippen LogP contribution in [0.1, 0.15) is 118 Å². The highest BCUT2D eigenvalue weighted by atomic mass is 28.4. The molecule has 6 nitrogen and oxygen atoms in total. The van der Waals surface area contributed by atoms with Crippen LogP contribution in [0.15, 0.2) is 30.3 Å². The van der Waals surface area contributed by atoms with Gasteiger partial charge >= 0.3 is 0 Å². The lowest BCUT2D eigenvalue weighted by Gasteiger charge is -2.46. The van der Waals surface area contributed by atoms with Crippen LogP contribution in [-0.4, -0.2) is 61.9 Å². The standard InChI is InChI=1S/C35H62O6Si/c1-26(2)42(27(3)4,28(5)6)39-24-29(7)34(37)33(36)23-32-19-14-21-35(41-32)20-13-18-31(40-35)17-11-12-22-38-25-30-15-9-8-10-16-30/h8-10,15-16,26-29,31-34,36-37H,11-14,17-25H2,1-7H3/t29-,31-,32+,33-,34-,35-/m1/s1. The summed E-state index contributed by atoms with van der Waals surface area (Å²) in [6, 6.07) is 10.3. The molecule has 2 fully saturated rings. The smallest absolute Gasteiger partial charge is 0.200 e. The van der Waals surface area contributed by atoms with Crippen molar-refractivity contribution in [1.82, 2.24) is 0 Å². The van der Waals surface area contributed by atoms with E-state index in [9.17, 15) is 10.2 Å². The van der Waals surface area contributed by atoms with E-state index in [1.165, 1.54) is 5.56 Å². The summed E-state index contributed by atoms with van der Waals surface area (Å²) in [5, 5.41) is 22.2. The van der Waals surface area contributed by atoms with Gasteiger partial charge in [0.25, 0.3) is 0 Å². The van der Waals surface area contributed by atoms with Gasteiger partial charge in [-0.15, -0.1) is 0 Å². The molecule has 242 valence electrons. The van der Waals surface area contributed by atoms with Gasteiger partial charge in [0, 0.05) is 38.4 Å². The Morgan fingerprint density at radius 1 is 0.857 bits per heavy atom. The van der Waals surface area contributed by atoms with E-state index in [1.54, 1.807) is 0 Å². The molecule has 3 rings (SSSR count). The van der Waals surface area contributed by atoms with E-state index >= 15 is 0 Å². The van der Waals surface area contributed by atoms with Crippen molar-refractivity contribution in [3.8, 4) is 0 Å². The van der Waals surface area contributed by atoms with Gasteiger partial charge < -0.3 is 28.8 Å². The number of aliphatic hydroxyl groups is 2. The zero-order chi connectivity index (χ0) is 30.8. The molecular weight excluding hydrogens is 544 g/mol. The SMILES string of the molecule is CC(C)[Si](OC[C@@H](C)[C@@H](O)[C@H](O)C[C@@H]1CCC[C@@]2(CCC[C@@H](CCCCOCc3ccccc3)O2)O1)(C(C)C)C(C)C. The maximum absolute atomic E-state index is 11.1. The highest BCUT2D eigenvalue weighted by Gasteiger charge is 2.46. The first-order valence-corrected chi connectivity index (χ1v) is 19.1. The van der Waals surface area contributed by atoms with Crippen LogP contribution in [0.25, 0.3) is 0 Å². The molecule has 0 aromatic heterocycles. The minimum atomic E-state index is -2.02. The average Bonchev–Trinajstić information content (AvgIpc) is 2.94. The Bertz CT molecular complexity index is 854. The number of hydrogen-bond acceptors (Lipinski definition) is 6. The Morgan fingerprint density at radius 2 is 1.45 bits per heavy atom. The van der Waals surface area contributed by atoms with Crippen molar-refractivity contribution < 1.29 is 28.8 Å². The average molecular weight is 607 g/mol. The summed E-state index contributed by atoms with van der Waals surface area (Å²) in [5.41, 5.74) is 2.69. The fourth-order valence-electron chi connectivity index (χ4n) is 7.68. The van der Waals surface area contributed by atoms with Crippen LogP contribution in [0.5, 0.6) is 0 Å². The Balaban J connectivity index is 1.42. The van der Waals surface area contributed by atoms with Crippen molar-refractivity contribution in [3.05, 3.63) is 35.9 Å². The van der Waals surface area contributed by atoms with Crippen LogP contribution in [0.2, 0.25) is 16.6 Å². The summed E-state index contributed by atoms with van der Waals surface area (Å²) in [6.45, 7) is 17.6. The molecule has 1 spiro atoms. The van der Waals surface area contributed by atoms with Crippen LogP contribution in [-0.2, 0) is 25.2 Å². The van der Waals surface area contributed by atoms with Crippen LogP contribution < -0.4 is 0 Å². The van der Waals surface area contributed by atoms with E-state index in [1.807, 2.05) is 25.1 Å². The predicted molar refractivity (Wildman–Crippen MR) is 173 cm³/mol. The Labute approximate surface area is 258 Å². The molecule has 2 heterocycles. The van der Waals surface area contributed by atoms with Gasteiger partial charge in [-0.2, -0.15) is 0 Å². The van der Waals surface area contributed by atoms with Crippen LogP contribution >= 0.6 is 0 Å². The van der Waals surface area contributed by atoms with E-state index in [-0.39, 0.29) is 18.1 Å². The Kier molecular flexibility index (Phi) is 14.5. The molecule has 42 heavy (non-hydrogen) atoms. The van der Waals surface area contributed by atoms with E-state index in [0.717, 1.165) is 64.4 Å². The summed E-state index contributed by atoms with van der Waals surface area (Å²) >= 11 is 0. The molecule has 7 heteroatoms. The van der Waals surface area contributed by atoms with E-state index in [0.29, 0.717) is 36.3 Å². The van der Waals surface area contributed by atoms with E-state index in [2.05, 4.69) is 53.7 Å². The van der Waals surface area contributed by atoms with Gasteiger partial charge in [-0.3, -0.25) is 0 Å². The molecule has 0 amide bonds. The topological polar surface area (TPSA) is 77.4 Å². The Hall–Kier alpha value is -0.803. The fourth-order valence-corrected chi connectivity index (χ4v) is 13.2. The van der Waals surface area contributed by atoms with E-state index in [4.69, 9.17) is 18.6 Å². The molecule has 2 aliphatic rings. The van der Waals surface area contributed by atoms with Crippen molar-refractivity contribution in [3.63, 3.8) is 0 Å². The minimum Gasteiger partial charge on any atom is -0.416 e. The van der Waals surface area contributed by atoms with Crippen LogP contribution in [0, 0.1) is 5.92 Å². The number of benzene rings is 1. The fraction of sp³-hybridized carbons (Fsp3) is 0.829. The maximum atomic E-state index is 11.1. The molecule has 0 bridgehead atoms. The normalized spacial score (nSPS) is 25.8. The van der Waals surface area contributed by atoms with Crippen molar-refractivity contribution in [2.45, 2.75) is 166 Å². The predicted octanol–water partition coefficient (Wildman–Crippen LogP) is 8.15. The molecule has 1 aromatic carbocycles. The highest BCUT2D eigenvalue weighted by Crippen LogP contribution is 2.43. The molecule has 6 atom stereocenters. The molecular formula is C35H62O6Si. The third-order valence-corrected chi connectivity index (χ3v) is 16.0. The molecule has 0 radical (unpaired) electrons. The summed E-state index contributed by atoms with van der Waals surface area (Å²) in [7, 11) is -2.02. The van der Waals surface area contributed by atoms with Gasteiger partial charge in [-0.1, -0.05) is 78.8 Å². The molecule has 2 aliphatic heterocycles. The second-order valence-electron chi connectivity index (χ2n) is 14.1. The quantitative estimate of drug-likeness (QED) is 0.138. The molecule has 2 N–H and O–H groups in total. The first-order chi connectivity index (χ1) is 20.0. The van der Waals surface area contributed by atoms with Gasteiger partial charge in [0.1, 0.15) is 0 Å².